The number of nitrogens with one attached hydrogen (secondary N) is 1. The lowest BCUT2D eigenvalue weighted by molar-refractivity contribution is 0.146. The molecular formula is C21H32IN5O2. The summed E-state index contributed by atoms with van der Waals surface area (Å²) in [5, 5.41) is 7.74. The fraction of sp³-hybridized carbons (Fsp3) is 0.524. The maximum atomic E-state index is 5.61. The van der Waals surface area contributed by atoms with Crippen molar-refractivity contribution in [1.29, 1.82) is 0 Å². The number of aryl methyl sites for hydroxylation is 1. The number of guanidine groups is 1. The van der Waals surface area contributed by atoms with Crippen LogP contribution in [-0.4, -0.2) is 60.6 Å². The minimum atomic E-state index is 0. The minimum Gasteiger partial charge on any atom is -0.491 e. The molecular weight excluding hydrogens is 481 g/mol. The molecule has 0 bridgehead atoms. The van der Waals surface area contributed by atoms with Gasteiger partial charge in [0.05, 0.1) is 19.3 Å². The van der Waals surface area contributed by atoms with Crippen molar-refractivity contribution >= 4 is 29.9 Å². The summed E-state index contributed by atoms with van der Waals surface area (Å²) in [6, 6.07) is 8.11. The lowest BCUT2D eigenvalue weighted by atomic mass is 10.0. The fourth-order valence-corrected chi connectivity index (χ4v) is 3.40. The fourth-order valence-electron chi connectivity index (χ4n) is 3.40. The van der Waals surface area contributed by atoms with Gasteiger partial charge in [-0.2, -0.15) is 5.10 Å². The van der Waals surface area contributed by atoms with E-state index in [1.165, 1.54) is 5.56 Å². The quantitative estimate of drug-likeness (QED) is 0.255. The van der Waals surface area contributed by atoms with Gasteiger partial charge in [-0.25, -0.2) is 4.99 Å². The van der Waals surface area contributed by atoms with Crippen molar-refractivity contribution in [2.75, 3.05) is 40.0 Å². The van der Waals surface area contributed by atoms with Gasteiger partial charge in [0.2, 0.25) is 0 Å². The van der Waals surface area contributed by atoms with E-state index < -0.39 is 0 Å². The largest absolute Gasteiger partial charge is 0.491 e. The smallest absolute Gasteiger partial charge is 0.194 e. The summed E-state index contributed by atoms with van der Waals surface area (Å²) in [4.78, 5) is 7.20. The van der Waals surface area contributed by atoms with Crippen molar-refractivity contribution < 1.29 is 9.47 Å². The van der Waals surface area contributed by atoms with Crippen molar-refractivity contribution in [2.45, 2.75) is 25.8 Å². The molecule has 3 rings (SSSR count). The Labute approximate surface area is 190 Å². The Balaban J connectivity index is 0.00000300. The first-order valence-corrected chi connectivity index (χ1v) is 9.92. The third-order valence-corrected chi connectivity index (χ3v) is 4.91. The Morgan fingerprint density at radius 1 is 1.28 bits per heavy atom. The highest BCUT2D eigenvalue weighted by atomic mass is 127. The number of hydrogen-bond acceptors (Lipinski definition) is 4. The normalized spacial score (nSPS) is 16.6. The van der Waals surface area contributed by atoms with Gasteiger partial charge in [0.15, 0.2) is 5.96 Å². The van der Waals surface area contributed by atoms with Crippen molar-refractivity contribution in [2.24, 2.45) is 12.0 Å². The number of aromatic nitrogens is 2. The zero-order chi connectivity index (χ0) is 19.8. The Bertz CT molecular complexity index is 763. The van der Waals surface area contributed by atoms with Crippen LogP contribution in [0.4, 0.5) is 0 Å². The summed E-state index contributed by atoms with van der Waals surface area (Å²) in [6.07, 6.45) is 5.23. The van der Waals surface area contributed by atoms with Crippen molar-refractivity contribution in [3.8, 4) is 5.75 Å². The van der Waals surface area contributed by atoms with Gasteiger partial charge in [0.1, 0.15) is 12.4 Å². The van der Waals surface area contributed by atoms with Crippen LogP contribution in [-0.2, 0) is 18.3 Å². The van der Waals surface area contributed by atoms with E-state index in [2.05, 4.69) is 40.6 Å². The second-order valence-corrected chi connectivity index (χ2v) is 7.03. The molecule has 0 aliphatic carbocycles. The molecule has 2 heterocycles. The standard InChI is InChI=1S/C21H31N5O2.HI/c1-4-22-21(26-10-9-18(16-26)19-14-24-25(2)15-19)23-13-17-5-7-20(8-6-17)28-12-11-27-3;/h5-8,14-15,18H,4,9-13,16H2,1-3H3,(H,22,23);1H. The van der Waals surface area contributed by atoms with E-state index in [0.717, 1.165) is 43.3 Å². The molecule has 1 saturated heterocycles. The first-order valence-electron chi connectivity index (χ1n) is 9.92. The van der Waals surface area contributed by atoms with Crippen LogP contribution in [0.1, 0.15) is 30.4 Å². The van der Waals surface area contributed by atoms with Crippen LogP contribution >= 0.6 is 24.0 Å². The van der Waals surface area contributed by atoms with Crippen LogP contribution < -0.4 is 10.1 Å². The molecule has 1 fully saturated rings. The molecule has 0 saturated carbocycles. The zero-order valence-corrected chi connectivity index (χ0v) is 19.8. The first-order chi connectivity index (χ1) is 13.7. The highest BCUT2D eigenvalue weighted by molar-refractivity contribution is 14.0. The second kappa shape index (κ2) is 12.0. The molecule has 1 aromatic heterocycles. The number of nitrogens with zero attached hydrogens (tertiary/aromatic N) is 4. The third-order valence-electron chi connectivity index (χ3n) is 4.91. The number of benzene rings is 1. The number of likely N-dealkylation sites (tertiary alicyclic amines) is 1. The van der Waals surface area contributed by atoms with Crippen LogP contribution in [0.3, 0.4) is 0 Å². The van der Waals surface area contributed by atoms with Crippen molar-refractivity contribution in [3.63, 3.8) is 0 Å². The van der Waals surface area contributed by atoms with Gasteiger partial charge >= 0.3 is 0 Å². The number of hydrogen-bond donors (Lipinski definition) is 1. The van der Waals surface area contributed by atoms with E-state index in [9.17, 15) is 0 Å². The lowest BCUT2D eigenvalue weighted by Gasteiger charge is -2.21. The van der Waals surface area contributed by atoms with Crippen LogP contribution in [0.2, 0.25) is 0 Å². The second-order valence-electron chi connectivity index (χ2n) is 7.03. The maximum absolute atomic E-state index is 5.61. The van der Waals surface area contributed by atoms with Gasteiger partial charge < -0.3 is 19.7 Å². The summed E-state index contributed by atoms with van der Waals surface area (Å²) in [5.74, 6) is 2.35. The summed E-state index contributed by atoms with van der Waals surface area (Å²) in [7, 11) is 3.64. The topological polar surface area (TPSA) is 63.9 Å². The van der Waals surface area contributed by atoms with E-state index in [-0.39, 0.29) is 24.0 Å². The molecule has 1 unspecified atom stereocenters. The molecule has 7 nitrogen and oxygen atoms in total. The summed E-state index contributed by atoms with van der Waals surface area (Å²) in [6.45, 7) is 6.76. The Kier molecular flexibility index (Phi) is 9.72. The molecule has 29 heavy (non-hydrogen) atoms. The lowest BCUT2D eigenvalue weighted by Crippen LogP contribution is -2.40. The molecule has 0 spiro atoms. The monoisotopic (exact) mass is 513 g/mol. The third kappa shape index (κ3) is 6.88. The summed E-state index contributed by atoms with van der Waals surface area (Å²) >= 11 is 0. The molecule has 1 N–H and O–H groups in total. The van der Waals surface area contributed by atoms with Crippen LogP contribution in [0.5, 0.6) is 5.75 Å². The number of ether oxygens (including phenoxy) is 2. The SMILES string of the molecule is CCNC(=NCc1ccc(OCCOC)cc1)N1CCC(c2cnn(C)c2)C1.I. The van der Waals surface area contributed by atoms with E-state index in [4.69, 9.17) is 14.5 Å². The Morgan fingerprint density at radius 3 is 2.72 bits per heavy atom. The number of aliphatic imine (C=N–C) groups is 1. The van der Waals surface area contributed by atoms with Gasteiger partial charge in [-0.3, -0.25) is 4.68 Å². The molecule has 1 aliphatic heterocycles. The van der Waals surface area contributed by atoms with E-state index in [1.54, 1.807) is 7.11 Å². The van der Waals surface area contributed by atoms with E-state index in [1.807, 2.05) is 30.1 Å². The van der Waals surface area contributed by atoms with Gasteiger partial charge in [0.25, 0.3) is 0 Å². The number of rotatable bonds is 8. The maximum Gasteiger partial charge on any atom is 0.194 e. The van der Waals surface area contributed by atoms with Gasteiger partial charge in [0, 0.05) is 45.9 Å². The Hall–Kier alpha value is -1.81. The van der Waals surface area contributed by atoms with Gasteiger partial charge in [-0.15, -0.1) is 24.0 Å². The first kappa shape index (κ1) is 23.5. The highest BCUT2D eigenvalue weighted by Crippen LogP contribution is 2.26. The molecule has 0 radical (unpaired) electrons. The van der Waals surface area contributed by atoms with Crippen molar-refractivity contribution in [1.82, 2.24) is 20.0 Å². The number of methoxy groups -OCH3 is 1. The predicted octanol–water partition coefficient (Wildman–Crippen LogP) is 3.02. The number of halogens is 1. The van der Waals surface area contributed by atoms with E-state index in [0.29, 0.717) is 25.7 Å². The van der Waals surface area contributed by atoms with Crippen LogP contribution in [0.25, 0.3) is 0 Å². The highest BCUT2D eigenvalue weighted by Gasteiger charge is 2.26. The zero-order valence-electron chi connectivity index (χ0n) is 17.5. The molecule has 1 aliphatic rings. The minimum absolute atomic E-state index is 0. The molecule has 1 atom stereocenters. The van der Waals surface area contributed by atoms with E-state index >= 15 is 0 Å². The van der Waals surface area contributed by atoms with Gasteiger partial charge in [-0.1, -0.05) is 12.1 Å². The average Bonchev–Trinajstić information content (AvgIpc) is 3.35. The van der Waals surface area contributed by atoms with Gasteiger partial charge in [-0.05, 0) is 36.6 Å². The summed E-state index contributed by atoms with van der Waals surface area (Å²) < 4.78 is 12.5. The molecule has 1 aromatic carbocycles. The Morgan fingerprint density at radius 2 is 2.07 bits per heavy atom. The summed E-state index contributed by atoms with van der Waals surface area (Å²) in [5.41, 5.74) is 2.47. The molecule has 0 amide bonds. The molecule has 160 valence electrons. The van der Waals surface area contributed by atoms with Crippen LogP contribution in [0, 0.1) is 0 Å². The predicted molar refractivity (Wildman–Crippen MR) is 126 cm³/mol. The average molecular weight is 513 g/mol. The molecule has 8 heteroatoms. The molecule has 2 aromatic rings. The van der Waals surface area contributed by atoms with Crippen molar-refractivity contribution in [3.05, 3.63) is 47.8 Å². The van der Waals surface area contributed by atoms with Crippen LogP contribution in [0.15, 0.2) is 41.7 Å².